The van der Waals surface area contributed by atoms with Crippen molar-refractivity contribution in [3.63, 3.8) is 0 Å². The van der Waals surface area contributed by atoms with Crippen molar-refractivity contribution in [1.82, 2.24) is 10.3 Å². The SMILES string of the molecule is Cc1csc(C(C)NCC2(N)CCCCC2)n1. The molecule has 1 aliphatic rings. The summed E-state index contributed by atoms with van der Waals surface area (Å²) in [6, 6.07) is 0.316. The van der Waals surface area contributed by atoms with Crippen molar-refractivity contribution in [2.75, 3.05) is 6.54 Å². The number of hydrogen-bond donors (Lipinski definition) is 2. The summed E-state index contributed by atoms with van der Waals surface area (Å²) in [6.45, 7) is 5.12. The van der Waals surface area contributed by atoms with Crippen LogP contribution in [0.2, 0.25) is 0 Å². The average molecular weight is 253 g/mol. The number of rotatable bonds is 4. The van der Waals surface area contributed by atoms with Gasteiger partial charge in [0.1, 0.15) is 5.01 Å². The fourth-order valence-electron chi connectivity index (χ4n) is 2.45. The highest BCUT2D eigenvalue weighted by Crippen LogP contribution is 2.26. The molecule has 0 bridgehead atoms. The van der Waals surface area contributed by atoms with Crippen molar-refractivity contribution in [3.05, 3.63) is 16.1 Å². The summed E-state index contributed by atoms with van der Waals surface area (Å²) >= 11 is 1.73. The molecule has 0 radical (unpaired) electrons. The monoisotopic (exact) mass is 253 g/mol. The maximum Gasteiger partial charge on any atom is 0.110 e. The normalized spacial score (nSPS) is 21.4. The first-order chi connectivity index (χ1) is 8.09. The van der Waals surface area contributed by atoms with Crippen molar-refractivity contribution in [1.29, 1.82) is 0 Å². The predicted octanol–water partition coefficient (Wildman–Crippen LogP) is 2.76. The largest absolute Gasteiger partial charge is 0.324 e. The van der Waals surface area contributed by atoms with E-state index >= 15 is 0 Å². The Morgan fingerprint density at radius 2 is 2.18 bits per heavy atom. The van der Waals surface area contributed by atoms with E-state index in [0.29, 0.717) is 6.04 Å². The van der Waals surface area contributed by atoms with E-state index in [2.05, 4.69) is 22.6 Å². The molecular formula is C13H23N3S. The van der Waals surface area contributed by atoms with Gasteiger partial charge in [-0.3, -0.25) is 0 Å². The zero-order chi connectivity index (χ0) is 12.3. The van der Waals surface area contributed by atoms with Crippen molar-refractivity contribution >= 4 is 11.3 Å². The highest BCUT2D eigenvalue weighted by molar-refractivity contribution is 7.09. The Morgan fingerprint density at radius 1 is 1.47 bits per heavy atom. The summed E-state index contributed by atoms with van der Waals surface area (Å²) in [6.07, 6.45) is 6.22. The zero-order valence-electron chi connectivity index (χ0n) is 10.8. The first-order valence-electron chi connectivity index (χ1n) is 6.53. The van der Waals surface area contributed by atoms with Crippen LogP contribution in [-0.4, -0.2) is 17.1 Å². The molecule has 1 atom stereocenters. The maximum atomic E-state index is 6.41. The first-order valence-corrected chi connectivity index (χ1v) is 7.41. The van der Waals surface area contributed by atoms with E-state index in [1.807, 2.05) is 6.92 Å². The highest BCUT2D eigenvalue weighted by Gasteiger charge is 2.27. The van der Waals surface area contributed by atoms with Gasteiger partial charge in [-0.15, -0.1) is 11.3 Å². The summed E-state index contributed by atoms with van der Waals surface area (Å²) in [5, 5.41) is 6.82. The fraction of sp³-hybridized carbons (Fsp3) is 0.769. The minimum absolute atomic E-state index is 0.0127. The Balaban J connectivity index is 1.85. The summed E-state index contributed by atoms with van der Waals surface area (Å²) in [5.41, 5.74) is 7.53. The number of aromatic nitrogens is 1. The van der Waals surface area contributed by atoms with Crippen LogP contribution in [0, 0.1) is 6.92 Å². The quantitative estimate of drug-likeness (QED) is 0.867. The van der Waals surface area contributed by atoms with Gasteiger partial charge in [-0.05, 0) is 26.7 Å². The van der Waals surface area contributed by atoms with Crippen LogP contribution in [-0.2, 0) is 0 Å². The van der Waals surface area contributed by atoms with Gasteiger partial charge >= 0.3 is 0 Å². The lowest BCUT2D eigenvalue weighted by Crippen LogP contribution is -2.50. The van der Waals surface area contributed by atoms with Crippen LogP contribution in [0.25, 0.3) is 0 Å². The fourth-order valence-corrected chi connectivity index (χ4v) is 3.28. The summed E-state index contributed by atoms with van der Waals surface area (Å²) in [4.78, 5) is 4.51. The number of nitrogens with one attached hydrogen (secondary N) is 1. The van der Waals surface area contributed by atoms with Gasteiger partial charge < -0.3 is 11.1 Å². The van der Waals surface area contributed by atoms with Gasteiger partial charge in [-0.2, -0.15) is 0 Å². The third kappa shape index (κ3) is 3.50. The molecule has 0 aromatic carbocycles. The van der Waals surface area contributed by atoms with Gasteiger partial charge in [-0.25, -0.2) is 4.98 Å². The van der Waals surface area contributed by atoms with E-state index in [0.717, 1.165) is 25.1 Å². The van der Waals surface area contributed by atoms with Crippen molar-refractivity contribution < 1.29 is 0 Å². The van der Waals surface area contributed by atoms with Gasteiger partial charge in [0.25, 0.3) is 0 Å². The molecule has 0 spiro atoms. The van der Waals surface area contributed by atoms with Crippen LogP contribution in [0.15, 0.2) is 5.38 Å². The van der Waals surface area contributed by atoms with E-state index < -0.39 is 0 Å². The summed E-state index contributed by atoms with van der Waals surface area (Å²) in [7, 11) is 0. The van der Waals surface area contributed by atoms with Gasteiger partial charge in [-0.1, -0.05) is 19.3 Å². The van der Waals surface area contributed by atoms with Gasteiger partial charge in [0.15, 0.2) is 0 Å². The molecule has 0 aliphatic heterocycles. The molecule has 1 aromatic heterocycles. The standard InChI is InChI=1S/C13H23N3S/c1-10-8-17-12(16-10)11(2)15-9-13(14)6-4-3-5-7-13/h8,11,15H,3-7,9,14H2,1-2H3. The van der Waals surface area contributed by atoms with Crippen LogP contribution >= 0.6 is 11.3 Å². The molecule has 3 nitrogen and oxygen atoms in total. The third-order valence-electron chi connectivity index (χ3n) is 3.62. The zero-order valence-corrected chi connectivity index (χ0v) is 11.6. The topological polar surface area (TPSA) is 50.9 Å². The minimum atomic E-state index is 0.0127. The van der Waals surface area contributed by atoms with Crippen LogP contribution < -0.4 is 11.1 Å². The molecule has 1 aromatic rings. The molecule has 17 heavy (non-hydrogen) atoms. The molecule has 1 fully saturated rings. The Labute approximate surface area is 108 Å². The smallest absolute Gasteiger partial charge is 0.110 e. The van der Waals surface area contributed by atoms with Crippen LogP contribution in [0.3, 0.4) is 0 Å². The number of thiazole rings is 1. The molecule has 1 heterocycles. The van der Waals surface area contributed by atoms with Gasteiger partial charge in [0.2, 0.25) is 0 Å². The molecule has 96 valence electrons. The first kappa shape index (κ1) is 13.0. The molecule has 1 aliphatic carbocycles. The number of hydrogen-bond acceptors (Lipinski definition) is 4. The van der Waals surface area contributed by atoms with Gasteiger partial charge in [0, 0.05) is 23.2 Å². The number of nitrogens with two attached hydrogens (primary N) is 1. The van der Waals surface area contributed by atoms with Crippen molar-refractivity contribution in [2.45, 2.75) is 57.5 Å². The Hall–Kier alpha value is -0.450. The second-order valence-electron chi connectivity index (χ2n) is 5.35. The highest BCUT2D eigenvalue weighted by atomic mass is 32.1. The Bertz CT molecular complexity index is 355. The Kier molecular flexibility index (Phi) is 4.17. The molecule has 4 heteroatoms. The summed E-state index contributed by atoms with van der Waals surface area (Å²) < 4.78 is 0. The number of nitrogens with zero attached hydrogens (tertiary/aromatic N) is 1. The maximum absolute atomic E-state index is 6.41. The Morgan fingerprint density at radius 3 is 2.76 bits per heavy atom. The lowest BCUT2D eigenvalue weighted by molar-refractivity contribution is 0.276. The van der Waals surface area contributed by atoms with Crippen LogP contribution in [0.4, 0.5) is 0 Å². The third-order valence-corrected chi connectivity index (χ3v) is 4.76. The lowest BCUT2D eigenvalue weighted by atomic mass is 9.82. The van der Waals surface area contributed by atoms with Crippen molar-refractivity contribution in [3.8, 4) is 0 Å². The van der Waals surface area contributed by atoms with Crippen LogP contribution in [0.1, 0.15) is 55.8 Å². The minimum Gasteiger partial charge on any atom is -0.324 e. The summed E-state index contributed by atoms with van der Waals surface area (Å²) in [5.74, 6) is 0. The number of aryl methyl sites for hydroxylation is 1. The second-order valence-corrected chi connectivity index (χ2v) is 6.24. The van der Waals surface area contributed by atoms with E-state index in [1.165, 1.54) is 24.3 Å². The van der Waals surface area contributed by atoms with E-state index in [1.54, 1.807) is 11.3 Å². The van der Waals surface area contributed by atoms with E-state index in [-0.39, 0.29) is 5.54 Å². The van der Waals surface area contributed by atoms with Crippen molar-refractivity contribution in [2.24, 2.45) is 5.73 Å². The molecule has 1 unspecified atom stereocenters. The molecule has 1 saturated carbocycles. The lowest BCUT2D eigenvalue weighted by Gasteiger charge is -2.34. The average Bonchev–Trinajstić information content (AvgIpc) is 2.74. The molecular weight excluding hydrogens is 230 g/mol. The second kappa shape index (κ2) is 5.46. The van der Waals surface area contributed by atoms with Crippen LogP contribution in [0.5, 0.6) is 0 Å². The predicted molar refractivity (Wildman–Crippen MR) is 73.3 cm³/mol. The van der Waals surface area contributed by atoms with E-state index in [9.17, 15) is 0 Å². The molecule has 0 amide bonds. The van der Waals surface area contributed by atoms with Gasteiger partial charge in [0.05, 0.1) is 6.04 Å². The van der Waals surface area contributed by atoms with E-state index in [4.69, 9.17) is 5.73 Å². The molecule has 3 N–H and O–H groups in total. The molecule has 0 saturated heterocycles. The molecule has 2 rings (SSSR count).